The summed E-state index contributed by atoms with van der Waals surface area (Å²) in [6.45, 7) is 1.70. The predicted molar refractivity (Wildman–Crippen MR) is 78.9 cm³/mol. The van der Waals surface area contributed by atoms with Crippen molar-refractivity contribution in [3.63, 3.8) is 0 Å². The summed E-state index contributed by atoms with van der Waals surface area (Å²) in [7, 11) is 0. The smallest absolute Gasteiger partial charge is 0.173 e. The van der Waals surface area contributed by atoms with E-state index in [4.69, 9.17) is 4.74 Å². The third-order valence-electron chi connectivity index (χ3n) is 3.00. The first-order chi connectivity index (χ1) is 10.1. The van der Waals surface area contributed by atoms with Gasteiger partial charge in [0, 0.05) is 12.5 Å². The van der Waals surface area contributed by atoms with Gasteiger partial charge in [-0.15, -0.1) is 0 Å². The molecule has 2 aromatic carbocycles. The number of carbonyl (C=O) groups excluding carboxylic acids is 2. The lowest BCUT2D eigenvalue weighted by Gasteiger charge is -2.08. The van der Waals surface area contributed by atoms with Gasteiger partial charge in [-0.2, -0.15) is 0 Å². The van der Waals surface area contributed by atoms with Gasteiger partial charge in [-0.3, -0.25) is 9.59 Å². The summed E-state index contributed by atoms with van der Waals surface area (Å²) in [4.78, 5) is 23.2. The molecule has 0 spiro atoms. The molecule has 0 aliphatic carbocycles. The summed E-state index contributed by atoms with van der Waals surface area (Å²) < 4.78 is 5.56. The van der Waals surface area contributed by atoms with Gasteiger partial charge in [-0.1, -0.05) is 25.1 Å². The Bertz CT molecular complexity index is 647. The molecule has 0 aliphatic rings. The van der Waals surface area contributed by atoms with Gasteiger partial charge < -0.3 is 9.84 Å². The molecule has 0 saturated carbocycles. The lowest BCUT2D eigenvalue weighted by molar-refractivity contribution is -0.117. The van der Waals surface area contributed by atoms with Crippen LogP contribution in [0, 0.1) is 0 Å². The number of hydrogen-bond acceptors (Lipinski definition) is 4. The van der Waals surface area contributed by atoms with Crippen molar-refractivity contribution in [3.8, 4) is 17.2 Å². The van der Waals surface area contributed by atoms with Crippen molar-refractivity contribution in [2.75, 3.05) is 0 Å². The number of ketones is 2. The Labute approximate surface area is 123 Å². The fraction of sp³-hybridized carbons (Fsp3) is 0.176. The van der Waals surface area contributed by atoms with Crippen LogP contribution in [0.15, 0.2) is 48.5 Å². The molecule has 0 aliphatic heterocycles. The van der Waals surface area contributed by atoms with Gasteiger partial charge in [0.05, 0.1) is 12.0 Å². The number of phenolic OH excluding ortho intramolecular Hbond substituents is 1. The summed E-state index contributed by atoms with van der Waals surface area (Å²) in [6.07, 6.45) is 0.116. The highest BCUT2D eigenvalue weighted by Crippen LogP contribution is 2.28. The summed E-state index contributed by atoms with van der Waals surface area (Å²) in [5, 5.41) is 9.91. The van der Waals surface area contributed by atoms with Gasteiger partial charge >= 0.3 is 0 Å². The molecule has 0 saturated heterocycles. The first-order valence-electron chi connectivity index (χ1n) is 6.71. The van der Waals surface area contributed by atoms with E-state index in [2.05, 4.69) is 0 Å². The van der Waals surface area contributed by atoms with Crippen LogP contribution in [0.1, 0.15) is 30.1 Å². The largest absolute Gasteiger partial charge is 0.507 e. The zero-order valence-electron chi connectivity index (χ0n) is 11.7. The summed E-state index contributed by atoms with van der Waals surface area (Å²) in [5.41, 5.74) is 0.136. The molecule has 2 aromatic rings. The van der Waals surface area contributed by atoms with Crippen LogP contribution in [0.5, 0.6) is 17.2 Å². The maximum Gasteiger partial charge on any atom is 0.173 e. The molecule has 0 amide bonds. The number of aromatic hydroxyl groups is 1. The zero-order chi connectivity index (χ0) is 15.2. The molecule has 0 radical (unpaired) electrons. The molecule has 0 aromatic heterocycles. The van der Waals surface area contributed by atoms with Gasteiger partial charge in [0.15, 0.2) is 5.78 Å². The molecular formula is C17H16O4. The van der Waals surface area contributed by atoms with Crippen LogP contribution in [-0.2, 0) is 4.79 Å². The minimum atomic E-state index is -0.384. The van der Waals surface area contributed by atoms with E-state index < -0.39 is 0 Å². The highest BCUT2D eigenvalue weighted by molar-refractivity contribution is 6.09. The Morgan fingerprint density at radius 1 is 1.05 bits per heavy atom. The second-order valence-corrected chi connectivity index (χ2v) is 4.59. The Morgan fingerprint density at radius 3 is 2.38 bits per heavy atom. The van der Waals surface area contributed by atoms with Crippen molar-refractivity contribution in [1.82, 2.24) is 0 Å². The number of Topliss-reactive ketones (excluding diaryl/α,β-unsaturated/α-hetero) is 2. The van der Waals surface area contributed by atoms with Gasteiger partial charge in [-0.25, -0.2) is 0 Å². The number of phenols is 1. The molecule has 2 rings (SSSR count). The molecule has 0 unspecified atom stereocenters. The first-order valence-corrected chi connectivity index (χ1v) is 6.71. The molecule has 0 heterocycles. The normalized spacial score (nSPS) is 10.1. The van der Waals surface area contributed by atoms with Crippen LogP contribution in [0.3, 0.4) is 0 Å². The number of ether oxygens (including phenoxy) is 1. The second kappa shape index (κ2) is 6.70. The van der Waals surface area contributed by atoms with Crippen molar-refractivity contribution < 1.29 is 19.4 Å². The Hall–Kier alpha value is -2.62. The topological polar surface area (TPSA) is 63.6 Å². The van der Waals surface area contributed by atoms with Crippen molar-refractivity contribution in [2.24, 2.45) is 0 Å². The van der Waals surface area contributed by atoms with Crippen LogP contribution < -0.4 is 4.74 Å². The van der Waals surface area contributed by atoms with Crippen LogP contribution in [0.2, 0.25) is 0 Å². The fourth-order valence-electron chi connectivity index (χ4n) is 1.83. The lowest BCUT2D eigenvalue weighted by Crippen LogP contribution is -2.07. The van der Waals surface area contributed by atoms with Crippen molar-refractivity contribution in [2.45, 2.75) is 19.8 Å². The monoisotopic (exact) mass is 284 g/mol. The van der Waals surface area contributed by atoms with Gasteiger partial charge in [0.25, 0.3) is 0 Å². The standard InChI is InChI=1S/C17H16O4/c1-2-12(18)10-16(19)15-9-8-14(11-17(15)20)21-13-6-4-3-5-7-13/h3-9,11,20H,2,10H2,1H3. The van der Waals surface area contributed by atoms with E-state index in [0.29, 0.717) is 17.9 Å². The van der Waals surface area contributed by atoms with Crippen LogP contribution >= 0.6 is 0 Å². The Morgan fingerprint density at radius 2 is 1.76 bits per heavy atom. The average molecular weight is 284 g/mol. The van der Waals surface area contributed by atoms with Crippen LogP contribution in [-0.4, -0.2) is 16.7 Å². The van der Waals surface area contributed by atoms with E-state index in [0.717, 1.165) is 0 Å². The van der Waals surface area contributed by atoms with Gasteiger partial charge in [-0.05, 0) is 24.3 Å². The van der Waals surface area contributed by atoms with Crippen LogP contribution in [0.4, 0.5) is 0 Å². The molecular weight excluding hydrogens is 268 g/mol. The molecule has 1 N–H and O–H groups in total. The number of benzene rings is 2. The first kappa shape index (κ1) is 14.8. The van der Waals surface area contributed by atoms with E-state index in [1.807, 2.05) is 18.2 Å². The van der Waals surface area contributed by atoms with E-state index in [-0.39, 0.29) is 29.3 Å². The molecule has 0 fully saturated rings. The Balaban J connectivity index is 2.14. The van der Waals surface area contributed by atoms with E-state index in [1.54, 1.807) is 25.1 Å². The summed E-state index contributed by atoms with van der Waals surface area (Å²) in [5.74, 6) is 0.348. The maximum absolute atomic E-state index is 11.9. The number of hydrogen-bond donors (Lipinski definition) is 1. The highest BCUT2D eigenvalue weighted by atomic mass is 16.5. The fourth-order valence-corrected chi connectivity index (χ4v) is 1.83. The number of rotatable bonds is 6. The average Bonchev–Trinajstić information content (AvgIpc) is 2.48. The molecule has 21 heavy (non-hydrogen) atoms. The summed E-state index contributed by atoms with van der Waals surface area (Å²) >= 11 is 0. The zero-order valence-corrected chi connectivity index (χ0v) is 11.7. The van der Waals surface area contributed by atoms with Crippen molar-refractivity contribution in [3.05, 3.63) is 54.1 Å². The molecule has 4 nitrogen and oxygen atoms in total. The van der Waals surface area contributed by atoms with Gasteiger partial charge in [0.2, 0.25) is 0 Å². The third kappa shape index (κ3) is 3.92. The molecule has 108 valence electrons. The molecule has 4 heteroatoms. The quantitative estimate of drug-likeness (QED) is 0.648. The Kier molecular flexibility index (Phi) is 4.72. The van der Waals surface area contributed by atoms with Gasteiger partial charge in [0.1, 0.15) is 23.0 Å². The lowest BCUT2D eigenvalue weighted by atomic mass is 10.0. The maximum atomic E-state index is 11.9. The highest BCUT2D eigenvalue weighted by Gasteiger charge is 2.15. The SMILES string of the molecule is CCC(=O)CC(=O)c1ccc(Oc2ccccc2)cc1O. The minimum Gasteiger partial charge on any atom is -0.507 e. The van der Waals surface area contributed by atoms with E-state index in [1.165, 1.54) is 12.1 Å². The van der Waals surface area contributed by atoms with E-state index in [9.17, 15) is 14.7 Å². The predicted octanol–water partition coefficient (Wildman–Crippen LogP) is 3.74. The van der Waals surface area contributed by atoms with Crippen molar-refractivity contribution >= 4 is 11.6 Å². The van der Waals surface area contributed by atoms with Crippen molar-refractivity contribution in [1.29, 1.82) is 0 Å². The molecule has 0 bridgehead atoms. The number of para-hydroxylation sites is 1. The third-order valence-corrected chi connectivity index (χ3v) is 3.00. The second-order valence-electron chi connectivity index (χ2n) is 4.59. The minimum absolute atomic E-state index is 0.136. The summed E-state index contributed by atoms with van der Waals surface area (Å²) in [6, 6.07) is 13.6. The number of carbonyl (C=O) groups is 2. The van der Waals surface area contributed by atoms with Crippen LogP contribution in [0.25, 0.3) is 0 Å². The molecule has 0 atom stereocenters. The van der Waals surface area contributed by atoms with E-state index >= 15 is 0 Å².